The molecule has 22 heavy (non-hydrogen) atoms. The van der Waals surface area contributed by atoms with Crippen LogP contribution in [0.3, 0.4) is 0 Å². The van der Waals surface area contributed by atoms with Crippen LogP contribution in [0.1, 0.15) is 38.5 Å². The fourth-order valence-electron chi connectivity index (χ4n) is 4.29. The van der Waals surface area contributed by atoms with Crippen molar-refractivity contribution in [3.05, 3.63) is 5.92 Å². The largest absolute Gasteiger partial charge is 0.369 e. The number of carbonyl (C=O) groups is 3. The first kappa shape index (κ1) is 15.6. The first-order valence-electron chi connectivity index (χ1n) is 8.06. The van der Waals surface area contributed by atoms with Crippen LogP contribution >= 0.6 is 0 Å². The molecule has 1 aliphatic carbocycles. The SMILES string of the molecule is NC(=O)C1(C[C](C=O)C2CCNC3C(=O)COC23)CCCC1. The van der Waals surface area contributed by atoms with E-state index in [9.17, 15) is 14.4 Å². The molecule has 3 fully saturated rings. The molecule has 3 atom stereocenters. The fraction of sp³-hybridized carbons (Fsp3) is 0.750. The van der Waals surface area contributed by atoms with Crippen LogP contribution < -0.4 is 11.1 Å². The van der Waals surface area contributed by atoms with Gasteiger partial charge in [-0.1, -0.05) is 12.8 Å². The van der Waals surface area contributed by atoms with Gasteiger partial charge in [-0.2, -0.15) is 0 Å². The minimum atomic E-state index is -0.584. The number of fused-ring (bicyclic) bond motifs is 1. The van der Waals surface area contributed by atoms with Gasteiger partial charge in [0.25, 0.3) is 0 Å². The standard InChI is InChI=1S/C16H23N2O4/c17-15(21)16(4-1-2-5-16)7-10(8-19)11-3-6-18-13-12(20)9-22-14(11)13/h8,11,13-14,18H,1-7,9H2,(H2,17,21). The summed E-state index contributed by atoms with van der Waals surface area (Å²) in [6, 6.07) is -0.318. The third-order valence-electron chi connectivity index (χ3n) is 5.56. The number of ketones is 1. The summed E-state index contributed by atoms with van der Waals surface area (Å²) in [5.41, 5.74) is 5.04. The lowest BCUT2D eigenvalue weighted by molar-refractivity contribution is -0.128. The third kappa shape index (κ3) is 2.58. The van der Waals surface area contributed by atoms with E-state index in [4.69, 9.17) is 10.5 Å². The van der Waals surface area contributed by atoms with Crippen LogP contribution in [0, 0.1) is 17.3 Å². The Labute approximate surface area is 130 Å². The lowest BCUT2D eigenvalue weighted by Crippen LogP contribution is -2.52. The van der Waals surface area contributed by atoms with Gasteiger partial charge in [-0.3, -0.25) is 9.59 Å². The highest BCUT2D eigenvalue weighted by atomic mass is 16.5. The number of piperidine rings is 1. The van der Waals surface area contributed by atoms with Crippen molar-refractivity contribution in [2.45, 2.75) is 50.7 Å². The predicted octanol–water partition coefficient (Wildman–Crippen LogP) is 0.142. The number of Topliss-reactive ketones (excluding diaryl/α,β-unsaturated/α-hetero) is 1. The van der Waals surface area contributed by atoms with E-state index >= 15 is 0 Å². The first-order chi connectivity index (χ1) is 10.6. The Kier molecular flexibility index (Phi) is 4.32. The Balaban J connectivity index is 1.77. The quantitative estimate of drug-likeness (QED) is 0.704. The van der Waals surface area contributed by atoms with Gasteiger partial charge in [0.15, 0.2) is 5.78 Å². The van der Waals surface area contributed by atoms with Gasteiger partial charge in [0.1, 0.15) is 12.9 Å². The van der Waals surface area contributed by atoms with E-state index in [1.165, 1.54) is 0 Å². The summed E-state index contributed by atoms with van der Waals surface area (Å²) in [6.07, 6.45) is 5.19. The van der Waals surface area contributed by atoms with Gasteiger partial charge < -0.3 is 20.6 Å². The molecule has 2 saturated heterocycles. The molecule has 6 heteroatoms. The minimum absolute atomic E-state index is 0.0467. The number of hydrogen-bond acceptors (Lipinski definition) is 5. The van der Waals surface area contributed by atoms with Gasteiger partial charge in [0, 0.05) is 17.3 Å². The molecule has 3 rings (SSSR count). The van der Waals surface area contributed by atoms with Crippen molar-refractivity contribution in [2.75, 3.05) is 13.2 Å². The number of nitrogens with one attached hydrogen (secondary N) is 1. The first-order valence-corrected chi connectivity index (χ1v) is 8.06. The molecule has 3 aliphatic rings. The molecule has 1 radical (unpaired) electrons. The number of primary amides is 1. The maximum Gasteiger partial charge on any atom is 0.223 e. The highest BCUT2D eigenvalue weighted by Gasteiger charge is 2.49. The van der Waals surface area contributed by atoms with Crippen LogP contribution in [0.2, 0.25) is 0 Å². The van der Waals surface area contributed by atoms with Crippen LogP contribution in [0.15, 0.2) is 0 Å². The van der Waals surface area contributed by atoms with E-state index in [-0.39, 0.29) is 36.4 Å². The maximum atomic E-state index is 11.9. The number of nitrogens with two attached hydrogens (primary N) is 1. The summed E-state index contributed by atoms with van der Waals surface area (Å²) in [7, 11) is 0. The topological polar surface area (TPSA) is 98.5 Å². The summed E-state index contributed by atoms with van der Waals surface area (Å²) < 4.78 is 5.61. The maximum absolute atomic E-state index is 11.9. The van der Waals surface area contributed by atoms with Crippen molar-refractivity contribution in [3.8, 4) is 0 Å². The summed E-state index contributed by atoms with van der Waals surface area (Å²) in [5, 5.41) is 3.17. The van der Waals surface area contributed by atoms with Crippen LogP contribution in [0.5, 0.6) is 0 Å². The Morgan fingerprint density at radius 2 is 2.14 bits per heavy atom. The molecule has 1 saturated carbocycles. The zero-order chi connectivity index (χ0) is 15.7. The van der Waals surface area contributed by atoms with Gasteiger partial charge in [-0.05, 0) is 32.2 Å². The van der Waals surface area contributed by atoms with Crippen molar-refractivity contribution >= 4 is 18.0 Å². The van der Waals surface area contributed by atoms with E-state index in [2.05, 4.69) is 5.32 Å². The average molecular weight is 307 g/mol. The Hall–Kier alpha value is -1.27. The molecular formula is C16H23N2O4. The number of ether oxygens (including phenoxy) is 1. The number of hydrogen-bond donors (Lipinski definition) is 2. The highest BCUT2D eigenvalue weighted by Crippen LogP contribution is 2.46. The second-order valence-electron chi connectivity index (χ2n) is 6.79. The molecule has 3 N–H and O–H groups in total. The fourth-order valence-corrected chi connectivity index (χ4v) is 4.29. The number of amides is 1. The third-order valence-corrected chi connectivity index (χ3v) is 5.56. The normalized spacial score (nSPS) is 33.9. The zero-order valence-electron chi connectivity index (χ0n) is 12.7. The van der Waals surface area contributed by atoms with Crippen molar-refractivity contribution in [1.29, 1.82) is 0 Å². The van der Waals surface area contributed by atoms with E-state index in [1.807, 2.05) is 0 Å². The van der Waals surface area contributed by atoms with E-state index in [0.717, 1.165) is 38.4 Å². The molecule has 1 amide bonds. The molecule has 121 valence electrons. The molecule has 3 unspecified atom stereocenters. The lowest BCUT2D eigenvalue weighted by Gasteiger charge is -2.38. The number of rotatable bonds is 5. The number of carbonyl (C=O) groups excluding carboxylic acids is 3. The molecule has 2 aliphatic heterocycles. The highest BCUT2D eigenvalue weighted by molar-refractivity contribution is 5.88. The van der Waals surface area contributed by atoms with E-state index < -0.39 is 5.41 Å². The summed E-state index contributed by atoms with van der Waals surface area (Å²) in [4.78, 5) is 35.4. The minimum Gasteiger partial charge on any atom is -0.369 e. The monoisotopic (exact) mass is 307 g/mol. The van der Waals surface area contributed by atoms with Crippen molar-refractivity contribution in [1.82, 2.24) is 5.32 Å². The summed E-state index contributed by atoms with van der Waals surface area (Å²) in [6.45, 7) is 0.785. The van der Waals surface area contributed by atoms with E-state index in [1.54, 1.807) is 0 Å². The smallest absolute Gasteiger partial charge is 0.223 e. The second-order valence-corrected chi connectivity index (χ2v) is 6.79. The summed E-state index contributed by atoms with van der Waals surface area (Å²) in [5.74, 6) is 0.336. The van der Waals surface area contributed by atoms with Gasteiger partial charge in [0.05, 0.1) is 12.1 Å². The predicted molar refractivity (Wildman–Crippen MR) is 78.7 cm³/mol. The molecule has 0 bridgehead atoms. The van der Waals surface area contributed by atoms with Crippen LogP contribution in [0.4, 0.5) is 0 Å². The Morgan fingerprint density at radius 1 is 1.41 bits per heavy atom. The molecule has 0 spiro atoms. The van der Waals surface area contributed by atoms with Gasteiger partial charge >= 0.3 is 0 Å². The van der Waals surface area contributed by atoms with Crippen molar-refractivity contribution < 1.29 is 19.1 Å². The van der Waals surface area contributed by atoms with Gasteiger partial charge in [-0.25, -0.2) is 0 Å². The van der Waals surface area contributed by atoms with Gasteiger partial charge in [0.2, 0.25) is 5.91 Å². The lowest BCUT2D eigenvalue weighted by atomic mass is 9.70. The van der Waals surface area contributed by atoms with Gasteiger partial charge in [-0.15, -0.1) is 0 Å². The van der Waals surface area contributed by atoms with Crippen molar-refractivity contribution in [3.63, 3.8) is 0 Å². The molecule has 0 aromatic carbocycles. The number of aldehydes is 1. The molecule has 0 aromatic rings. The molecular weight excluding hydrogens is 284 g/mol. The molecule has 2 heterocycles. The second kappa shape index (κ2) is 6.08. The van der Waals surface area contributed by atoms with Crippen LogP contribution in [-0.4, -0.2) is 43.3 Å². The van der Waals surface area contributed by atoms with Crippen molar-refractivity contribution in [2.24, 2.45) is 17.1 Å². The zero-order valence-corrected chi connectivity index (χ0v) is 12.7. The van der Waals surface area contributed by atoms with E-state index in [0.29, 0.717) is 18.9 Å². The Morgan fingerprint density at radius 3 is 2.77 bits per heavy atom. The molecule has 6 nitrogen and oxygen atoms in total. The average Bonchev–Trinajstić information content (AvgIpc) is 3.13. The Bertz CT molecular complexity index is 473. The summed E-state index contributed by atoms with van der Waals surface area (Å²) >= 11 is 0. The van der Waals surface area contributed by atoms with Crippen LogP contribution in [0.25, 0.3) is 0 Å². The van der Waals surface area contributed by atoms with Crippen LogP contribution in [-0.2, 0) is 19.1 Å². The molecule has 0 aromatic heterocycles.